The molecule has 1 unspecified atom stereocenters. The molecule has 0 bridgehead atoms. The maximum atomic E-state index is 13.2. The third-order valence-electron chi connectivity index (χ3n) is 13.0. The number of nitrogens with zero attached hydrogens (tertiary/aromatic N) is 5. The first-order valence-corrected chi connectivity index (χ1v) is 25.2. The van der Waals surface area contributed by atoms with Crippen molar-refractivity contribution < 1.29 is 33.2 Å². The summed E-state index contributed by atoms with van der Waals surface area (Å²) in [5.41, 5.74) is 3.85. The average Bonchev–Trinajstić information content (AvgIpc) is 3.63. The van der Waals surface area contributed by atoms with E-state index in [0.29, 0.717) is 82.1 Å². The normalized spacial score (nSPS) is 19.0. The van der Waals surface area contributed by atoms with Crippen LogP contribution in [0.15, 0.2) is 60.8 Å². The van der Waals surface area contributed by atoms with Crippen molar-refractivity contribution in [3.63, 3.8) is 0 Å². The highest BCUT2D eigenvalue weighted by atomic mass is 35.5. The lowest BCUT2D eigenvalue weighted by molar-refractivity contribution is -0.136. The van der Waals surface area contributed by atoms with Gasteiger partial charge in [0, 0.05) is 40.5 Å². The fraction of sp³-hybridized carbons (Fsp3) is 0.468. The number of benzene rings is 3. The number of nitrogens with one attached hydrogen (secondary N) is 3. The first-order chi connectivity index (χ1) is 30.9. The van der Waals surface area contributed by atoms with Crippen molar-refractivity contribution in [3.8, 4) is 17.2 Å². The predicted octanol–water partition coefficient (Wildman–Crippen LogP) is 7.15. The molecule has 3 aromatic carbocycles. The monoisotopic (exact) mass is 912 g/mol. The van der Waals surface area contributed by atoms with Gasteiger partial charge in [0.1, 0.15) is 35.5 Å². The Labute approximate surface area is 379 Å². The molecule has 0 spiro atoms. The van der Waals surface area contributed by atoms with Crippen LogP contribution in [0.4, 0.5) is 23.1 Å². The van der Waals surface area contributed by atoms with Gasteiger partial charge < -0.3 is 44.1 Å². The average molecular weight is 913 g/mol. The second-order valence-corrected chi connectivity index (χ2v) is 21.0. The molecule has 15 nitrogen and oxygen atoms in total. The summed E-state index contributed by atoms with van der Waals surface area (Å²) >= 11 is 6.52. The third kappa shape index (κ3) is 10.2. The van der Waals surface area contributed by atoms with E-state index in [2.05, 4.69) is 41.8 Å². The predicted molar refractivity (Wildman–Crippen MR) is 249 cm³/mol. The summed E-state index contributed by atoms with van der Waals surface area (Å²) in [5, 5.41) is 9.96. The number of fused-ring (bicyclic) bond motifs is 1. The zero-order valence-corrected chi connectivity index (χ0v) is 38.7. The smallest absolute Gasteiger partial charge is 0.255 e. The number of likely N-dealkylation sites (tertiary alicyclic amines) is 2. The summed E-state index contributed by atoms with van der Waals surface area (Å²) < 4.78 is 31.0. The maximum absolute atomic E-state index is 13.2. The minimum atomic E-state index is -2.57. The third-order valence-corrected chi connectivity index (χ3v) is 14.8. The molecule has 3 saturated heterocycles. The summed E-state index contributed by atoms with van der Waals surface area (Å²) in [6, 6.07) is 16.9. The Morgan fingerprint density at radius 1 is 0.859 bits per heavy atom. The fourth-order valence-corrected chi connectivity index (χ4v) is 10.8. The Hall–Kier alpha value is -5.21. The molecule has 17 heteroatoms. The highest BCUT2D eigenvalue weighted by Gasteiger charge is 2.40. The van der Waals surface area contributed by atoms with Crippen molar-refractivity contribution >= 4 is 64.9 Å². The second kappa shape index (κ2) is 19.9. The number of methoxy groups -OCH3 is 2. The molecule has 8 rings (SSSR count). The van der Waals surface area contributed by atoms with Gasteiger partial charge in [-0.05, 0) is 127 Å². The topological polar surface area (TPSA) is 168 Å². The Bertz CT molecular complexity index is 2420. The second-order valence-electron chi connectivity index (χ2n) is 17.4. The zero-order valence-electron chi connectivity index (χ0n) is 37.0. The number of hydrogen-bond donors (Lipinski definition) is 3. The number of carbonyl (C=O) groups is 3. The lowest BCUT2D eigenvalue weighted by Crippen LogP contribution is -2.52. The van der Waals surface area contributed by atoms with Crippen LogP contribution in [-0.2, 0) is 20.7 Å². The highest BCUT2D eigenvalue weighted by Crippen LogP contribution is 2.43. The number of rotatable bonds is 16. The number of para-hydroxylation sites is 1. The number of unbranched alkanes of at least 4 members (excludes halogenated alkanes) is 1. The van der Waals surface area contributed by atoms with E-state index in [0.717, 1.165) is 88.1 Å². The quantitative estimate of drug-likeness (QED) is 0.0590. The molecule has 3 fully saturated rings. The zero-order chi connectivity index (χ0) is 45.0. The highest BCUT2D eigenvalue weighted by molar-refractivity contribution is 7.70. The summed E-state index contributed by atoms with van der Waals surface area (Å²) in [5.74, 6) is 2.27. The van der Waals surface area contributed by atoms with E-state index in [1.807, 2.05) is 42.5 Å². The minimum Gasteiger partial charge on any atom is -0.496 e. The van der Waals surface area contributed by atoms with E-state index >= 15 is 0 Å². The first kappa shape index (κ1) is 45.4. The standard InChI is InChI=1S/C47H58ClN8O7P/c1-61-40-27-37(51-47-49-28-35(48)44(53-47)50-36-11-5-6-13-42(36)64(3,4)60)41(62-2)26-33(40)30-16-23-55(24-17-30)31-18-21-54(22-19-31)20-7-8-25-63-39-12-9-10-32-34(39)29-56(46(32)59)38-14-15-43(57)52-45(38)58/h5-6,9-13,26-28,30-31,38H,7-8,14-25,29H2,1-4H3,(H,52,57,58)(H2,49,50,51,53). The van der Waals surface area contributed by atoms with E-state index < -0.39 is 19.1 Å². The van der Waals surface area contributed by atoms with E-state index in [1.54, 1.807) is 38.5 Å². The number of hydrogen-bond acceptors (Lipinski definition) is 13. The van der Waals surface area contributed by atoms with Crippen LogP contribution in [0, 0.1) is 0 Å². The van der Waals surface area contributed by atoms with Gasteiger partial charge in [-0.2, -0.15) is 4.98 Å². The number of imide groups is 1. The molecule has 5 heterocycles. The summed E-state index contributed by atoms with van der Waals surface area (Å²) in [6.07, 6.45) is 8.38. The van der Waals surface area contributed by atoms with Crippen LogP contribution in [0.1, 0.15) is 78.8 Å². The molecule has 3 N–H and O–H groups in total. The Kier molecular flexibility index (Phi) is 14.1. The molecular formula is C47H58ClN8O7P. The molecule has 1 atom stereocenters. The van der Waals surface area contributed by atoms with Gasteiger partial charge in [-0.1, -0.05) is 29.8 Å². The molecule has 4 aromatic rings. The van der Waals surface area contributed by atoms with Gasteiger partial charge in [0.2, 0.25) is 17.8 Å². The van der Waals surface area contributed by atoms with Crippen molar-refractivity contribution in [2.24, 2.45) is 0 Å². The maximum Gasteiger partial charge on any atom is 0.255 e. The van der Waals surface area contributed by atoms with Crippen molar-refractivity contribution in [2.75, 3.05) is 77.5 Å². The van der Waals surface area contributed by atoms with Crippen molar-refractivity contribution in [2.45, 2.75) is 75.9 Å². The Morgan fingerprint density at radius 3 is 2.36 bits per heavy atom. The van der Waals surface area contributed by atoms with Gasteiger partial charge in [-0.3, -0.25) is 19.7 Å². The summed E-state index contributed by atoms with van der Waals surface area (Å²) in [6.45, 7) is 9.57. The number of halogens is 1. The van der Waals surface area contributed by atoms with Crippen LogP contribution in [-0.4, -0.2) is 121 Å². The van der Waals surface area contributed by atoms with Gasteiger partial charge in [0.25, 0.3) is 5.91 Å². The minimum absolute atomic E-state index is 0.189. The Morgan fingerprint density at radius 2 is 1.62 bits per heavy atom. The van der Waals surface area contributed by atoms with E-state index in [-0.39, 0.29) is 18.2 Å². The molecule has 0 saturated carbocycles. The fourth-order valence-electron chi connectivity index (χ4n) is 9.55. The summed E-state index contributed by atoms with van der Waals surface area (Å²) in [7, 11) is 0.784. The van der Waals surface area contributed by atoms with E-state index in [4.69, 9.17) is 25.8 Å². The number of anilines is 4. The van der Waals surface area contributed by atoms with Crippen molar-refractivity contribution in [1.82, 2.24) is 30.0 Å². The van der Waals surface area contributed by atoms with Crippen LogP contribution in [0.25, 0.3) is 0 Å². The molecule has 4 aliphatic rings. The molecule has 4 aliphatic heterocycles. The summed E-state index contributed by atoms with van der Waals surface area (Å²) in [4.78, 5) is 53.2. The van der Waals surface area contributed by atoms with Crippen LogP contribution >= 0.6 is 18.7 Å². The lowest BCUT2D eigenvalue weighted by Gasteiger charge is -2.42. The number of amides is 3. The van der Waals surface area contributed by atoms with Crippen LogP contribution in [0.2, 0.25) is 5.02 Å². The van der Waals surface area contributed by atoms with Crippen molar-refractivity contribution in [1.29, 1.82) is 0 Å². The molecule has 3 amide bonds. The van der Waals surface area contributed by atoms with Gasteiger partial charge in [0.05, 0.1) is 44.9 Å². The van der Waals surface area contributed by atoms with E-state index in [9.17, 15) is 18.9 Å². The van der Waals surface area contributed by atoms with Crippen LogP contribution in [0.5, 0.6) is 17.2 Å². The van der Waals surface area contributed by atoms with Gasteiger partial charge in [-0.15, -0.1) is 0 Å². The number of ether oxygens (including phenoxy) is 3. The van der Waals surface area contributed by atoms with Gasteiger partial charge in [0.15, 0.2) is 5.82 Å². The molecule has 64 heavy (non-hydrogen) atoms. The number of aromatic nitrogens is 2. The van der Waals surface area contributed by atoms with Gasteiger partial charge in [-0.25, -0.2) is 4.98 Å². The largest absolute Gasteiger partial charge is 0.496 e. The van der Waals surface area contributed by atoms with Crippen LogP contribution < -0.4 is 35.5 Å². The number of piperidine rings is 3. The van der Waals surface area contributed by atoms with Crippen LogP contribution in [0.3, 0.4) is 0 Å². The van der Waals surface area contributed by atoms with E-state index in [1.165, 1.54) is 6.20 Å². The Balaban J connectivity index is 0.789. The first-order valence-electron chi connectivity index (χ1n) is 22.2. The molecule has 0 aliphatic carbocycles. The molecule has 0 radical (unpaired) electrons. The lowest BCUT2D eigenvalue weighted by atomic mass is 9.87. The molecule has 340 valence electrons. The molecule has 1 aromatic heterocycles. The van der Waals surface area contributed by atoms with Crippen molar-refractivity contribution in [3.05, 3.63) is 82.5 Å². The number of carbonyl (C=O) groups excluding carboxylic acids is 3. The molecular weight excluding hydrogens is 855 g/mol. The van der Waals surface area contributed by atoms with Gasteiger partial charge >= 0.3 is 0 Å². The SMILES string of the molecule is COc1cc(C2CCN(C3CCN(CCCCOc4cccc5c4CN(C4CCC(=O)NC4=O)C5=O)CC3)CC2)c(OC)cc1Nc1ncc(Cl)c(Nc2ccccc2P(C)(C)=O)n1.